The quantitative estimate of drug-likeness (QED) is 0.734. The number of hydrogen-bond donors (Lipinski definition) is 2. The summed E-state index contributed by atoms with van der Waals surface area (Å²) in [7, 11) is 0. The molecule has 0 spiro atoms. The highest BCUT2D eigenvalue weighted by atomic mass is 32.1. The van der Waals surface area contributed by atoms with Gasteiger partial charge in [-0.15, -0.1) is 11.3 Å². The molecule has 2 N–H and O–H groups in total. The minimum absolute atomic E-state index is 0.137. The highest BCUT2D eigenvalue weighted by Gasteiger charge is 2.12. The molecule has 0 aromatic carbocycles. The summed E-state index contributed by atoms with van der Waals surface area (Å²) >= 11 is 1.54. The van der Waals surface area contributed by atoms with Gasteiger partial charge in [0, 0.05) is 37.0 Å². The topological polar surface area (TPSA) is 65.5 Å². The Morgan fingerprint density at radius 3 is 2.60 bits per heavy atom. The summed E-state index contributed by atoms with van der Waals surface area (Å²) < 4.78 is 0. The average molecular weight is 299 g/mol. The van der Waals surface area contributed by atoms with Crippen LogP contribution in [0.2, 0.25) is 0 Å². The van der Waals surface area contributed by atoms with Gasteiger partial charge in [0.15, 0.2) is 5.13 Å². The van der Waals surface area contributed by atoms with E-state index in [9.17, 15) is 4.79 Å². The van der Waals surface area contributed by atoms with E-state index in [4.69, 9.17) is 5.11 Å². The standard InChI is InChI=1S/C14H25N3O2S/c1-10(2)17(11(3)4)8-7-15-14-16-12(9-20-14)5-6-13(18)19/h9-11H,5-8H2,1-4H3,(H,15,16)(H,18,19). The molecule has 1 aromatic heterocycles. The number of nitrogens with zero attached hydrogens (tertiary/aromatic N) is 2. The molecule has 0 unspecified atom stereocenters. The maximum atomic E-state index is 10.5. The van der Waals surface area contributed by atoms with Gasteiger partial charge in [-0.05, 0) is 27.7 Å². The molecule has 0 saturated carbocycles. The van der Waals surface area contributed by atoms with Crippen molar-refractivity contribution in [1.29, 1.82) is 0 Å². The zero-order valence-electron chi connectivity index (χ0n) is 12.7. The van der Waals surface area contributed by atoms with Gasteiger partial charge in [-0.3, -0.25) is 9.69 Å². The number of carbonyl (C=O) groups is 1. The number of rotatable bonds is 9. The first-order valence-electron chi connectivity index (χ1n) is 7.06. The van der Waals surface area contributed by atoms with Gasteiger partial charge in [0.2, 0.25) is 0 Å². The summed E-state index contributed by atoms with van der Waals surface area (Å²) in [6.07, 6.45) is 0.634. The molecule has 1 heterocycles. The first kappa shape index (κ1) is 16.9. The molecule has 0 amide bonds. The minimum Gasteiger partial charge on any atom is -0.481 e. The van der Waals surface area contributed by atoms with Gasteiger partial charge in [-0.25, -0.2) is 4.98 Å². The van der Waals surface area contributed by atoms with E-state index >= 15 is 0 Å². The average Bonchev–Trinajstić information content (AvgIpc) is 2.79. The molecule has 0 atom stereocenters. The Kier molecular flexibility index (Phi) is 6.95. The smallest absolute Gasteiger partial charge is 0.303 e. The van der Waals surface area contributed by atoms with E-state index in [0.29, 0.717) is 18.5 Å². The van der Waals surface area contributed by atoms with Gasteiger partial charge in [-0.2, -0.15) is 0 Å². The highest BCUT2D eigenvalue weighted by Crippen LogP contribution is 2.16. The van der Waals surface area contributed by atoms with E-state index in [0.717, 1.165) is 23.9 Å². The van der Waals surface area contributed by atoms with Crippen molar-refractivity contribution in [2.45, 2.75) is 52.6 Å². The van der Waals surface area contributed by atoms with E-state index in [1.54, 1.807) is 0 Å². The summed E-state index contributed by atoms with van der Waals surface area (Å²) in [5.41, 5.74) is 0.851. The van der Waals surface area contributed by atoms with E-state index in [1.807, 2.05) is 5.38 Å². The SMILES string of the molecule is CC(C)N(CCNc1nc(CCC(=O)O)cs1)C(C)C. The second-order valence-electron chi connectivity index (χ2n) is 5.39. The predicted octanol–water partition coefficient (Wildman–Crippen LogP) is 2.69. The van der Waals surface area contributed by atoms with E-state index in [2.05, 4.69) is 42.9 Å². The van der Waals surface area contributed by atoms with Crippen LogP contribution in [0.3, 0.4) is 0 Å². The Labute approximate surface area is 125 Å². The van der Waals surface area contributed by atoms with Crippen molar-refractivity contribution in [3.05, 3.63) is 11.1 Å². The van der Waals surface area contributed by atoms with E-state index in [1.165, 1.54) is 11.3 Å². The van der Waals surface area contributed by atoms with Crippen molar-refractivity contribution in [1.82, 2.24) is 9.88 Å². The fourth-order valence-electron chi connectivity index (χ4n) is 2.14. The molecule has 0 fully saturated rings. The van der Waals surface area contributed by atoms with Crippen LogP contribution >= 0.6 is 11.3 Å². The molecule has 0 aliphatic heterocycles. The summed E-state index contributed by atoms with van der Waals surface area (Å²) in [6.45, 7) is 10.6. The predicted molar refractivity (Wildman–Crippen MR) is 83.5 cm³/mol. The first-order valence-corrected chi connectivity index (χ1v) is 7.94. The molecule has 6 heteroatoms. The van der Waals surface area contributed by atoms with Crippen LogP contribution in [0, 0.1) is 0 Å². The van der Waals surface area contributed by atoms with Gasteiger partial charge in [0.1, 0.15) is 0 Å². The maximum absolute atomic E-state index is 10.5. The molecule has 0 aliphatic rings. The fraction of sp³-hybridized carbons (Fsp3) is 0.714. The number of anilines is 1. The van der Waals surface area contributed by atoms with Gasteiger partial charge >= 0.3 is 5.97 Å². The van der Waals surface area contributed by atoms with Crippen LogP contribution in [-0.2, 0) is 11.2 Å². The third-order valence-corrected chi connectivity index (χ3v) is 3.97. The molecular weight excluding hydrogens is 274 g/mol. The number of carboxylic acids is 1. The Morgan fingerprint density at radius 2 is 2.05 bits per heavy atom. The summed E-state index contributed by atoms with van der Waals surface area (Å²) in [6, 6.07) is 1.05. The second kappa shape index (κ2) is 8.21. The third kappa shape index (κ3) is 5.88. The molecule has 0 bridgehead atoms. The van der Waals surface area contributed by atoms with Crippen LogP contribution in [0.5, 0.6) is 0 Å². The normalized spacial score (nSPS) is 11.6. The van der Waals surface area contributed by atoms with Crippen LogP contribution in [0.25, 0.3) is 0 Å². The number of aryl methyl sites for hydroxylation is 1. The number of hydrogen-bond acceptors (Lipinski definition) is 5. The Balaban J connectivity index is 2.36. The van der Waals surface area contributed by atoms with Gasteiger partial charge < -0.3 is 10.4 Å². The molecule has 0 radical (unpaired) electrons. The number of thiazole rings is 1. The van der Waals surface area contributed by atoms with Crippen molar-refractivity contribution in [2.75, 3.05) is 18.4 Å². The highest BCUT2D eigenvalue weighted by molar-refractivity contribution is 7.13. The van der Waals surface area contributed by atoms with Crippen molar-refractivity contribution < 1.29 is 9.90 Å². The summed E-state index contributed by atoms with van der Waals surface area (Å²) in [5.74, 6) is -0.781. The molecule has 0 aliphatic carbocycles. The lowest BCUT2D eigenvalue weighted by Crippen LogP contribution is -2.40. The molecule has 1 aromatic rings. The number of aliphatic carboxylic acids is 1. The van der Waals surface area contributed by atoms with Crippen molar-refractivity contribution in [3.63, 3.8) is 0 Å². The maximum Gasteiger partial charge on any atom is 0.303 e. The summed E-state index contributed by atoms with van der Waals surface area (Å²) in [4.78, 5) is 17.3. The van der Waals surface area contributed by atoms with Gasteiger partial charge in [-0.1, -0.05) is 0 Å². The van der Waals surface area contributed by atoms with Gasteiger partial charge in [0.05, 0.1) is 12.1 Å². The zero-order valence-corrected chi connectivity index (χ0v) is 13.5. The largest absolute Gasteiger partial charge is 0.481 e. The molecule has 1 rings (SSSR count). The van der Waals surface area contributed by atoms with Crippen molar-refractivity contribution in [2.24, 2.45) is 0 Å². The van der Waals surface area contributed by atoms with Crippen LogP contribution in [0.1, 0.15) is 39.8 Å². The lowest BCUT2D eigenvalue weighted by molar-refractivity contribution is -0.136. The molecule has 20 heavy (non-hydrogen) atoms. The Morgan fingerprint density at radius 1 is 1.40 bits per heavy atom. The van der Waals surface area contributed by atoms with Crippen LogP contribution in [0.15, 0.2) is 5.38 Å². The number of carboxylic acid groups (broad SMARTS) is 1. The molecule has 5 nitrogen and oxygen atoms in total. The number of nitrogens with one attached hydrogen (secondary N) is 1. The van der Waals surface area contributed by atoms with Crippen molar-refractivity contribution >= 4 is 22.4 Å². The van der Waals surface area contributed by atoms with E-state index < -0.39 is 5.97 Å². The van der Waals surface area contributed by atoms with Gasteiger partial charge in [0.25, 0.3) is 0 Å². The van der Waals surface area contributed by atoms with Crippen molar-refractivity contribution in [3.8, 4) is 0 Å². The molecular formula is C14H25N3O2S. The Hall–Kier alpha value is -1.14. The fourth-order valence-corrected chi connectivity index (χ4v) is 2.92. The lowest BCUT2D eigenvalue weighted by Gasteiger charge is -2.30. The minimum atomic E-state index is -0.781. The van der Waals surface area contributed by atoms with Crippen LogP contribution in [-0.4, -0.2) is 46.1 Å². The van der Waals surface area contributed by atoms with Crippen LogP contribution < -0.4 is 5.32 Å². The Bertz CT molecular complexity index is 410. The third-order valence-electron chi connectivity index (χ3n) is 3.12. The summed E-state index contributed by atoms with van der Waals surface area (Å²) in [5, 5.41) is 14.8. The molecule has 0 saturated heterocycles. The lowest BCUT2D eigenvalue weighted by atomic mass is 10.2. The molecule has 114 valence electrons. The monoisotopic (exact) mass is 299 g/mol. The number of aromatic nitrogens is 1. The van der Waals surface area contributed by atoms with Crippen LogP contribution in [0.4, 0.5) is 5.13 Å². The first-order chi connectivity index (χ1) is 9.40. The zero-order chi connectivity index (χ0) is 15.1. The second-order valence-corrected chi connectivity index (χ2v) is 6.25. The van der Waals surface area contributed by atoms with E-state index in [-0.39, 0.29) is 6.42 Å².